The van der Waals surface area contributed by atoms with E-state index in [9.17, 15) is 13.0 Å². The molecule has 2 saturated heterocycles. The Kier molecular flexibility index (Phi) is 18.2. The van der Waals surface area contributed by atoms with E-state index < -0.39 is 63.4 Å². The van der Waals surface area contributed by atoms with Gasteiger partial charge in [0.1, 0.15) is 59.1 Å². The lowest BCUT2D eigenvalue weighted by atomic mass is 9.94. The highest BCUT2D eigenvalue weighted by molar-refractivity contribution is 7.97. The maximum absolute atomic E-state index is 13.0. The van der Waals surface area contributed by atoms with Crippen molar-refractivity contribution < 1.29 is 59.8 Å². The summed E-state index contributed by atoms with van der Waals surface area (Å²) >= 11 is 0. The van der Waals surface area contributed by atoms with Crippen LogP contribution in [0.15, 0.2) is 115 Å². The predicted molar refractivity (Wildman–Crippen MR) is 243 cm³/mol. The number of hydrogen-bond donors (Lipinski definition) is 0. The molecule has 64 heavy (non-hydrogen) atoms. The lowest BCUT2D eigenvalue weighted by molar-refractivity contribution is -0.462. The van der Waals surface area contributed by atoms with Crippen LogP contribution in [0.2, 0.25) is 0 Å². The maximum atomic E-state index is 13.0. The number of methoxy groups -OCH3 is 3. The normalized spacial score (nSPS) is 27.5. The van der Waals surface area contributed by atoms with E-state index in [4.69, 9.17) is 46.8 Å². The highest BCUT2D eigenvalue weighted by Gasteiger charge is 2.62. The van der Waals surface area contributed by atoms with Crippen LogP contribution in [0.3, 0.4) is 0 Å². The van der Waals surface area contributed by atoms with Gasteiger partial charge >= 0.3 is 0 Å². The fourth-order valence-electron chi connectivity index (χ4n) is 8.40. The second kappa shape index (κ2) is 23.3. The van der Waals surface area contributed by atoms with Gasteiger partial charge in [-0.25, -0.2) is 8.42 Å². The third-order valence-corrected chi connectivity index (χ3v) is 15.9. The smallest absolute Gasteiger partial charge is 0.220 e. The van der Waals surface area contributed by atoms with Gasteiger partial charge < -0.3 is 47.2 Å². The third kappa shape index (κ3) is 13.1. The van der Waals surface area contributed by atoms with Crippen molar-refractivity contribution in [2.75, 3.05) is 39.4 Å². The van der Waals surface area contributed by atoms with E-state index >= 15 is 0 Å². The van der Waals surface area contributed by atoms with Crippen molar-refractivity contribution in [2.45, 2.75) is 114 Å². The van der Waals surface area contributed by atoms with E-state index in [2.05, 4.69) is 13.8 Å². The summed E-state index contributed by atoms with van der Waals surface area (Å²) in [7, 11) is -1.26. The van der Waals surface area contributed by atoms with Crippen LogP contribution < -0.4 is 4.74 Å². The van der Waals surface area contributed by atoms with Crippen LogP contribution in [-0.4, -0.2) is 106 Å². The Labute approximate surface area is 382 Å². The van der Waals surface area contributed by atoms with Crippen LogP contribution in [0.4, 0.5) is 0 Å². The largest absolute Gasteiger partial charge is 0.726 e. The van der Waals surface area contributed by atoms with Crippen LogP contribution in [0.25, 0.3) is 0 Å². The van der Waals surface area contributed by atoms with Crippen LogP contribution in [0.1, 0.15) is 56.4 Å². The second-order valence-corrected chi connectivity index (χ2v) is 19.8. The minimum absolute atomic E-state index is 0.0187. The van der Waals surface area contributed by atoms with Gasteiger partial charge in [-0.05, 0) is 65.5 Å². The molecule has 11 atom stereocenters. The molecule has 0 amide bonds. The van der Waals surface area contributed by atoms with Crippen LogP contribution in [0, 0.1) is 5.92 Å². The molecule has 2 heterocycles. The molecule has 0 spiro atoms. The lowest BCUT2D eigenvalue weighted by Gasteiger charge is -2.54. The SMILES string of the molecule is CC[C@@H]1[C@@H](C)[C@H](OCc2ccc(OC)cc2)C[S+]1C[C@@H](OCc1ccccc1)[C@@H](OS(=O)(=O)[O-])[C@@H]1OC(C)(OC)C(C)(OC)O[C@H]1[C@@H](COCc1ccccc1)OCc1ccccc1. The van der Waals surface area contributed by atoms with E-state index in [1.54, 1.807) is 21.0 Å². The molecule has 0 saturated carbocycles. The molecule has 13 nitrogen and oxygen atoms in total. The molecule has 2 aliphatic heterocycles. The molecule has 3 unspecified atom stereocenters. The van der Waals surface area contributed by atoms with Crippen molar-refractivity contribution >= 4 is 21.3 Å². The van der Waals surface area contributed by atoms with Gasteiger partial charge in [-0.15, -0.1) is 0 Å². The van der Waals surface area contributed by atoms with Gasteiger partial charge in [0.05, 0.1) is 40.1 Å². The van der Waals surface area contributed by atoms with Gasteiger partial charge in [-0.3, -0.25) is 4.18 Å². The van der Waals surface area contributed by atoms with Crippen molar-refractivity contribution in [3.63, 3.8) is 0 Å². The van der Waals surface area contributed by atoms with Gasteiger partial charge in [0.15, 0.2) is 0 Å². The molecule has 350 valence electrons. The molecule has 15 heteroatoms. The van der Waals surface area contributed by atoms with Gasteiger partial charge in [0, 0.05) is 20.1 Å². The molecule has 0 aliphatic carbocycles. The molecule has 2 aliphatic rings. The fraction of sp³-hybridized carbons (Fsp3) is 0.510. The van der Waals surface area contributed by atoms with Gasteiger partial charge in [0.2, 0.25) is 22.0 Å². The standard InChI is InChI=1S/C49H64O13S2/c1-8-44-35(2)42(58-31-39-24-26-40(53-5)27-25-39)33-63(44)34-43(59-30-38-22-16-11-17-23-38)46(62-64(50,51)52)47-45(60-48(3,54-6)49(4,55-7)61-47)41(57-29-37-20-14-10-15-21-37)32-56-28-36-18-12-9-13-19-36/h9-27,35,41-47H,8,28-34H2,1-7H3/t35-,41+,42+,43+,44+,45-,46+,47+,48?,49?,63?/m0/s1. The summed E-state index contributed by atoms with van der Waals surface area (Å²) in [6.45, 7) is 8.54. The molecular weight excluding hydrogens is 861 g/mol. The Balaban J connectivity index is 1.38. The van der Waals surface area contributed by atoms with Crippen LogP contribution in [0.5, 0.6) is 5.75 Å². The van der Waals surface area contributed by atoms with Gasteiger partial charge in [0.25, 0.3) is 0 Å². The highest BCUT2D eigenvalue weighted by atomic mass is 32.3. The van der Waals surface area contributed by atoms with Crippen LogP contribution in [-0.2, 0) is 89.8 Å². The van der Waals surface area contributed by atoms with E-state index in [0.29, 0.717) is 18.1 Å². The van der Waals surface area contributed by atoms with E-state index in [-0.39, 0.29) is 43.7 Å². The Morgan fingerprint density at radius 2 is 1.23 bits per heavy atom. The summed E-state index contributed by atoms with van der Waals surface area (Å²) in [6, 6.07) is 36.6. The first-order valence-corrected chi connectivity index (χ1v) is 24.7. The number of ether oxygens (including phenoxy) is 9. The quantitative estimate of drug-likeness (QED) is 0.0392. The number of rotatable bonds is 24. The zero-order valence-electron chi connectivity index (χ0n) is 37.9. The van der Waals surface area contributed by atoms with E-state index in [1.807, 2.05) is 115 Å². The molecule has 4 aromatic rings. The first kappa shape index (κ1) is 50.0. The Hall–Kier alpha value is -3.42. The fourth-order valence-corrected chi connectivity index (χ4v) is 12.3. The Bertz CT molecular complexity index is 2080. The van der Waals surface area contributed by atoms with Gasteiger partial charge in [-0.2, -0.15) is 0 Å². The summed E-state index contributed by atoms with van der Waals surface area (Å²) in [6.07, 6.45) is -5.24. The summed E-state index contributed by atoms with van der Waals surface area (Å²) in [4.78, 5) is 0. The van der Waals surface area contributed by atoms with Gasteiger partial charge in [-0.1, -0.05) is 117 Å². The topological polar surface area (TPSA) is 150 Å². The molecule has 0 radical (unpaired) electrons. The summed E-state index contributed by atoms with van der Waals surface area (Å²) in [5.74, 6) is -1.25. The predicted octanol–water partition coefficient (Wildman–Crippen LogP) is 7.37. The Morgan fingerprint density at radius 3 is 1.75 bits per heavy atom. The van der Waals surface area contributed by atoms with Crippen molar-refractivity contribution in [1.82, 2.24) is 0 Å². The summed E-state index contributed by atoms with van der Waals surface area (Å²) in [5, 5.41) is 0.196. The van der Waals surface area contributed by atoms with E-state index in [1.165, 1.54) is 14.2 Å². The second-order valence-electron chi connectivity index (χ2n) is 16.5. The van der Waals surface area contributed by atoms with Crippen molar-refractivity contribution in [1.29, 1.82) is 0 Å². The first-order valence-electron chi connectivity index (χ1n) is 21.7. The monoisotopic (exact) mass is 924 g/mol. The average Bonchev–Trinajstić information content (AvgIpc) is 3.61. The molecule has 0 bridgehead atoms. The van der Waals surface area contributed by atoms with E-state index in [0.717, 1.165) is 34.4 Å². The minimum Gasteiger partial charge on any atom is -0.726 e. The van der Waals surface area contributed by atoms with Crippen molar-refractivity contribution in [3.8, 4) is 5.75 Å². The minimum atomic E-state index is -5.40. The molecular formula is C49H64O13S2. The average molecular weight is 925 g/mol. The zero-order chi connectivity index (χ0) is 45.7. The number of benzene rings is 4. The maximum Gasteiger partial charge on any atom is 0.220 e. The lowest BCUT2D eigenvalue weighted by Crippen LogP contribution is -2.71. The molecule has 4 aromatic carbocycles. The van der Waals surface area contributed by atoms with Crippen molar-refractivity contribution in [2.24, 2.45) is 5.92 Å². The third-order valence-electron chi connectivity index (χ3n) is 12.3. The molecule has 2 fully saturated rings. The Morgan fingerprint density at radius 1 is 0.719 bits per heavy atom. The van der Waals surface area contributed by atoms with Crippen molar-refractivity contribution in [3.05, 3.63) is 138 Å². The molecule has 6 rings (SSSR count). The molecule has 0 aromatic heterocycles. The summed E-state index contributed by atoms with van der Waals surface area (Å²) in [5.41, 5.74) is 3.68. The summed E-state index contributed by atoms with van der Waals surface area (Å²) < 4.78 is 102. The first-order chi connectivity index (χ1) is 30.8. The van der Waals surface area contributed by atoms with Crippen LogP contribution >= 0.6 is 0 Å². The molecule has 0 N–H and O–H groups in total. The number of hydrogen-bond acceptors (Lipinski definition) is 13. The highest BCUT2D eigenvalue weighted by Crippen LogP contribution is 2.44. The zero-order valence-corrected chi connectivity index (χ0v) is 39.5.